The smallest absolute Gasteiger partial charge is 0.0576 e. The predicted molar refractivity (Wildman–Crippen MR) is 56.9 cm³/mol. The maximum absolute atomic E-state index is 10.2. The van der Waals surface area contributed by atoms with Crippen LogP contribution in [-0.4, -0.2) is 11.2 Å². The largest absolute Gasteiger partial charge is 0.393 e. The van der Waals surface area contributed by atoms with Gasteiger partial charge in [-0.25, -0.2) is 0 Å². The lowest BCUT2D eigenvalue weighted by molar-refractivity contribution is 0.107. The molecule has 0 aliphatic heterocycles. The molecule has 0 radical (unpaired) electrons. The van der Waals surface area contributed by atoms with Crippen LogP contribution >= 0.6 is 0 Å². The summed E-state index contributed by atoms with van der Waals surface area (Å²) in [6, 6.07) is 0. The summed E-state index contributed by atoms with van der Waals surface area (Å²) >= 11 is 0. The summed E-state index contributed by atoms with van der Waals surface area (Å²) in [7, 11) is 0. The normalized spacial score (nSPS) is 43.9. The van der Waals surface area contributed by atoms with Gasteiger partial charge in [-0.3, -0.25) is 0 Å². The van der Waals surface area contributed by atoms with Gasteiger partial charge in [0.2, 0.25) is 0 Å². The van der Waals surface area contributed by atoms with Crippen LogP contribution in [0.3, 0.4) is 0 Å². The highest BCUT2D eigenvalue weighted by Crippen LogP contribution is 2.59. The van der Waals surface area contributed by atoms with Gasteiger partial charge in [0.25, 0.3) is 0 Å². The van der Waals surface area contributed by atoms with Crippen LogP contribution in [0.2, 0.25) is 0 Å². The molecule has 80 valence electrons. The van der Waals surface area contributed by atoms with E-state index in [-0.39, 0.29) is 6.10 Å². The molecule has 0 aromatic carbocycles. The molecule has 0 heterocycles. The van der Waals surface area contributed by atoms with E-state index < -0.39 is 0 Å². The van der Waals surface area contributed by atoms with Crippen molar-refractivity contribution in [2.24, 2.45) is 23.7 Å². The Morgan fingerprint density at radius 1 is 0.929 bits per heavy atom. The summed E-state index contributed by atoms with van der Waals surface area (Å²) in [5.41, 5.74) is 0. The zero-order chi connectivity index (χ0) is 9.54. The number of fused-ring (bicyclic) bond motifs is 1. The molecule has 0 spiro atoms. The van der Waals surface area contributed by atoms with Crippen LogP contribution in [0.25, 0.3) is 0 Å². The van der Waals surface area contributed by atoms with Crippen molar-refractivity contribution in [3.63, 3.8) is 0 Å². The molecule has 1 heteroatoms. The van der Waals surface area contributed by atoms with Gasteiger partial charge in [-0.1, -0.05) is 32.1 Å². The maximum atomic E-state index is 10.2. The van der Waals surface area contributed by atoms with Gasteiger partial charge in [0.05, 0.1) is 6.10 Å². The van der Waals surface area contributed by atoms with Crippen molar-refractivity contribution < 1.29 is 5.11 Å². The third-order valence-corrected chi connectivity index (χ3v) is 4.97. The third-order valence-electron chi connectivity index (χ3n) is 4.97. The second-order valence-corrected chi connectivity index (χ2v) is 5.79. The van der Waals surface area contributed by atoms with Crippen molar-refractivity contribution in [1.82, 2.24) is 0 Å². The molecule has 3 saturated carbocycles. The monoisotopic (exact) mass is 194 g/mol. The molecule has 1 N–H and O–H groups in total. The van der Waals surface area contributed by atoms with Gasteiger partial charge in [0.15, 0.2) is 0 Å². The third kappa shape index (κ3) is 1.50. The average molecular weight is 194 g/mol. The molecular formula is C13H22O. The quantitative estimate of drug-likeness (QED) is 0.732. The Morgan fingerprint density at radius 2 is 1.57 bits per heavy atom. The second-order valence-electron chi connectivity index (χ2n) is 5.79. The van der Waals surface area contributed by atoms with Gasteiger partial charge in [-0.15, -0.1) is 0 Å². The molecule has 0 bridgehead atoms. The van der Waals surface area contributed by atoms with Gasteiger partial charge in [-0.2, -0.15) is 0 Å². The standard InChI is InChI=1S/C13H22O/c14-12(8-9-4-1-2-5-9)13-10-6-3-7-11(10)13/h9-14H,1-8H2. The Bertz CT molecular complexity index is 197. The minimum atomic E-state index is 0.0633. The van der Waals surface area contributed by atoms with Crippen LogP contribution in [0.5, 0.6) is 0 Å². The second kappa shape index (κ2) is 3.52. The summed E-state index contributed by atoms with van der Waals surface area (Å²) in [5, 5.41) is 10.2. The number of hydrogen-bond acceptors (Lipinski definition) is 1. The first kappa shape index (κ1) is 9.21. The first-order valence-electron chi connectivity index (χ1n) is 6.54. The van der Waals surface area contributed by atoms with Crippen molar-refractivity contribution >= 4 is 0 Å². The summed E-state index contributed by atoms with van der Waals surface area (Å²) < 4.78 is 0. The average Bonchev–Trinajstić information content (AvgIpc) is 2.63. The fraction of sp³-hybridized carbons (Fsp3) is 1.00. The van der Waals surface area contributed by atoms with E-state index in [0.717, 1.165) is 30.1 Å². The molecule has 1 nitrogen and oxygen atoms in total. The van der Waals surface area contributed by atoms with Crippen LogP contribution in [-0.2, 0) is 0 Å². The van der Waals surface area contributed by atoms with Gasteiger partial charge in [0.1, 0.15) is 0 Å². The Labute approximate surface area is 86.9 Å². The van der Waals surface area contributed by atoms with Crippen molar-refractivity contribution in [1.29, 1.82) is 0 Å². The minimum absolute atomic E-state index is 0.0633. The summed E-state index contributed by atoms with van der Waals surface area (Å²) in [5.74, 6) is 3.47. The van der Waals surface area contributed by atoms with Gasteiger partial charge in [-0.05, 0) is 42.9 Å². The van der Waals surface area contributed by atoms with E-state index in [2.05, 4.69) is 0 Å². The SMILES string of the molecule is OC(CC1CCCC1)C1C2CCCC21. The van der Waals surface area contributed by atoms with Crippen LogP contribution < -0.4 is 0 Å². The van der Waals surface area contributed by atoms with Crippen molar-refractivity contribution in [2.45, 2.75) is 57.5 Å². The Kier molecular flexibility index (Phi) is 2.31. The predicted octanol–water partition coefficient (Wildman–Crippen LogP) is 2.97. The van der Waals surface area contributed by atoms with E-state index in [1.807, 2.05) is 0 Å². The maximum Gasteiger partial charge on any atom is 0.0576 e. The number of aliphatic hydroxyl groups is 1. The molecule has 14 heavy (non-hydrogen) atoms. The van der Waals surface area contributed by atoms with Crippen LogP contribution in [0.1, 0.15) is 51.4 Å². The molecule has 0 saturated heterocycles. The molecule has 3 fully saturated rings. The molecule has 0 aromatic rings. The number of hydrogen-bond donors (Lipinski definition) is 1. The lowest BCUT2D eigenvalue weighted by atomic mass is 9.95. The minimum Gasteiger partial charge on any atom is -0.393 e. The molecule has 3 unspecified atom stereocenters. The molecule has 0 amide bonds. The lowest BCUT2D eigenvalue weighted by Crippen LogP contribution is -2.16. The zero-order valence-corrected chi connectivity index (χ0v) is 8.99. The zero-order valence-electron chi connectivity index (χ0n) is 8.99. The van der Waals surface area contributed by atoms with E-state index >= 15 is 0 Å². The topological polar surface area (TPSA) is 20.2 Å². The van der Waals surface area contributed by atoms with Crippen molar-refractivity contribution in [3.05, 3.63) is 0 Å². The molecular weight excluding hydrogens is 172 g/mol. The van der Waals surface area contributed by atoms with Gasteiger partial charge in [0, 0.05) is 0 Å². The van der Waals surface area contributed by atoms with E-state index in [1.54, 1.807) is 0 Å². The van der Waals surface area contributed by atoms with E-state index in [9.17, 15) is 5.11 Å². The summed E-state index contributed by atoms with van der Waals surface area (Å²) in [4.78, 5) is 0. The Hall–Kier alpha value is -0.0400. The van der Waals surface area contributed by atoms with E-state index in [1.165, 1.54) is 44.9 Å². The van der Waals surface area contributed by atoms with Gasteiger partial charge >= 0.3 is 0 Å². The summed E-state index contributed by atoms with van der Waals surface area (Å²) in [6.45, 7) is 0. The van der Waals surface area contributed by atoms with Gasteiger partial charge < -0.3 is 5.11 Å². The molecule has 0 aromatic heterocycles. The van der Waals surface area contributed by atoms with E-state index in [4.69, 9.17) is 0 Å². The molecule has 3 atom stereocenters. The highest BCUT2D eigenvalue weighted by atomic mass is 16.3. The van der Waals surface area contributed by atoms with E-state index in [0.29, 0.717) is 0 Å². The molecule has 3 aliphatic carbocycles. The number of rotatable bonds is 3. The Balaban J connectivity index is 1.49. The first-order chi connectivity index (χ1) is 6.86. The fourth-order valence-electron chi connectivity index (χ4n) is 4.19. The Morgan fingerprint density at radius 3 is 2.21 bits per heavy atom. The fourth-order valence-corrected chi connectivity index (χ4v) is 4.19. The van der Waals surface area contributed by atoms with Crippen molar-refractivity contribution in [2.75, 3.05) is 0 Å². The van der Waals surface area contributed by atoms with Crippen molar-refractivity contribution in [3.8, 4) is 0 Å². The highest BCUT2D eigenvalue weighted by Gasteiger charge is 2.55. The van der Waals surface area contributed by atoms with Crippen LogP contribution in [0, 0.1) is 23.7 Å². The summed E-state index contributed by atoms with van der Waals surface area (Å²) in [6.07, 6.45) is 11.0. The molecule has 3 aliphatic rings. The lowest BCUT2D eigenvalue weighted by Gasteiger charge is -2.16. The first-order valence-corrected chi connectivity index (χ1v) is 6.54. The van der Waals surface area contributed by atoms with Crippen LogP contribution in [0.15, 0.2) is 0 Å². The highest BCUT2D eigenvalue weighted by molar-refractivity contribution is 5.04. The molecule has 3 rings (SSSR count). The van der Waals surface area contributed by atoms with Crippen LogP contribution in [0.4, 0.5) is 0 Å². The number of aliphatic hydroxyl groups excluding tert-OH is 1.